The molecule has 0 aliphatic carbocycles. The summed E-state index contributed by atoms with van der Waals surface area (Å²) in [4.78, 5) is 23.4. The third-order valence-electron chi connectivity index (χ3n) is 4.57. The molecular weight excluding hydrogens is 418 g/mol. The van der Waals surface area contributed by atoms with E-state index in [1.54, 1.807) is 18.3 Å². The quantitative estimate of drug-likeness (QED) is 0.238. The summed E-state index contributed by atoms with van der Waals surface area (Å²) in [6.07, 6.45) is 6.50. The second-order valence-electron chi connectivity index (χ2n) is 6.57. The lowest BCUT2D eigenvalue weighted by Crippen LogP contribution is -2.17. The van der Waals surface area contributed by atoms with E-state index in [0.29, 0.717) is 29.9 Å². The molecule has 2 N–H and O–H groups in total. The lowest BCUT2D eigenvalue weighted by Gasteiger charge is -2.12. The van der Waals surface area contributed by atoms with Crippen LogP contribution in [0.15, 0.2) is 61.6 Å². The van der Waals surface area contributed by atoms with Gasteiger partial charge in [-0.1, -0.05) is 30.3 Å². The normalized spacial score (nSPS) is 10.7. The monoisotopic (exact) mass is 435 g/mol. The predicted molar refractivity (Wildman–Crippen MR) is 121 cm³/mol. The van der Waals surface area contributed by atoms with Gasteiger partial charge in [-0.25, -0.2) is 15.0 Å². The molecule has 9 nitrogen and oxygen atoms in total. The first-order chi connectivity index (χ1) is 15.0. The molecule has 3 heterocycles. The largest absolute Gasteiger partial charge is 0.368 e. The average molecular weight is 436 g/mol. The molecule has 0 radical (unpaired) electrons. The van der Waals surface area contributed by atoms with Crippen molar-refractivity contribution in [3.8, 4) is 11.3 Å². The van der Waals surface area contributed by atoms with Crippen LogP contribution in [0.2, 0.25) is 5.02 Å². The first kappa shape index (κ1) is 20.3. The summed E-state index contributed by atoms with van der Waals surface area (Å²) in [6.45, 7) is 4.94. The molecule has 3 aromatic heterocycles. The van der Waals surface area contributed by atoms with Gasteiger partial charge in [0.15, 0.2) is 0 Å². The number of nitrogens with one attached hydrogen (secondary N) is 2. The highest BCUT2D eigenvalue weighted by atomic mass is 35.5. The van der Waals surface area contributed by atoms with Crippen LogP contribution in [0.25, 0.3) is 23.0 Å². The van der Waals surface area contributed by atoms with Crippen LogP contribution in [0.4, 0.5) is 17.5 Å². The lowest BCUT2D eigenvalue weighted by atomic mass is 10.0. The number of hydrogen-bond donors (Lipinski definition) is 2. The van der Waals surface area contributed by atoms with Gasteiger partial charge < -0.3 is 10.6 Å². The summed E-state index contributed by atoms with van der Waals surface area (Å²) in [5, 5.41) is 17.8. The van der Waals surface area contributed by atoms with Crippen LogP contribution in [-0.2, 0) is 0 Å². The highest BCUT2D eigenvalue weighted by Gasteiger charge is 2.11. The second-order valence-corrected chi connectivity index (χ2v) is 7.00. The van der Waals surface area contributed by atoms with Gasteiger partial charge in [-0.2, -0.15) is 0 Å². The predicted octanol–water partition coefficient (Wildman–Crippen LogP) is 4.52. The molecule has 4 aromatic rings. The second kappa shape index (κ2) is 8.80. The summed E-state index contributed by atoms with van der Waals surface area (Å²) < 4.78 is 1.86. The molecule has 0 aliphatic heterocycles. The van der Waals surface area contributed by atoms with Crippen LogP contribution in [0, 0.1) is 10.1 Å². The van der Waals surface area contributed by atoms with Crippen LogP contribution in [0.1, 0.15) is 5.56 Å². The molecule has 0 saturated heterocycles. The molecular formula is C21H18ClN7O2. The Morgan fingerprint density at radius 2 is 2.00 bits per heavy atom. The van der Waals surface area contributed by atoms with Gasteiger partial charge in [-0.05, 0) is 23.8 Å². The summed E-state index contributed by atoms with van der Waals surface area (Å²) in [5.74, 6) is 1.19. The number of hydrogen-bond acceptors (Lipinski definition) is 7. The zero-order valence-electron chi connectivity index (χ0n) is 16.3. The topological polar surface area (TPSA) is 110 Å². The number of imidazole rings is 1. The van der Waals surface area contributed by atoms with Crippen LogP contribution >= 0.6 is 11.6 Å². The SMILES string of the molecule is C=Cc1cc(Cl)ccc1-c1cc2nccn2c(NCCNc2ccc([N+](=O)[O-])cn2)n1. The van der Waals surface area contributed by atoms with Gasteiger partial charge in [0.25, 0.3) is 5.69 Å². The minimum absolute atomic E-state index is 0.0479. The number of halogens is 1. The van der Waals surface area contributed by atoms with E-state index in [9.17, 15) is 10.1 Å². The Bertz CT molecular complexity index is 1250. The smallest absolute Gasteiger partial charge is 0.287 e. The number of fused-ring (bicyclic) bond motifs is 1. The summed E-state index contributed by atoms with van der Waals surface area (Å²) >= 11 is 6.11. The zero-order chi connectivity index (χ0) is 21.8. The maximum absolute atomic E-state index is 10.7. The number of anilines is 2. The highest BCUT2D eigenvalue weighted by Crippen LogP contribution is 2.28. The maximum Gasteiger partial charge on any atom is 0.287 e. The lowest BCUT2D eigenvalue weighted by molar-refractivity contribution is -0.385. The number of pyridine rings is 1. The van der Waals surface area contributed by atoms with E-state index >= 15 is 0 Å². The molecule has 0 unspecified atom stereocenters. The summed E-state index contributed by atoms with van der Waals surface area (Å²) in [7, 11) is 0. The van der Waals surface area contributed by atoms with E-state index < -0.39 is 4.92 Å². The van der Waals surface area contributed by atoms with Crippen molar-refractivity contribution in [1.29, 1.82) is 0 Å². The third-order valence-corrected chi connectivity index (χ3v) is 4.81. The number of rotatable bonds is 8. The first-order valence-corrected chi connectivity index (χ1v) is 9.77. The maximum atomic E-state index is 10.7. The Morgan fingerprint density at radius 1 is 1.16 bits per heavy atom. The fourth-order valence-corrected chi connectivity index (χ4v) is 3.27. The van der Waals surface area contributed by atoms with Gasteiger partial charge in [0.05, 0.1) is 10.6 Å². The Balaban J connectivity index is 1.51. The van der Waals surface area contributed by atoms with Crippen molar-refractivity contribution in [3.63, 3.8) is 0 Å². The number of nitro groups is 1. The van der Waals surface area contributed by atoms with Crippen molar-refractivity contribution in [2.75, 3.05) is 23.7 Å². The van der Waals surface area contributed by atoms with E-state index in [1.807, 2.05) is 34.9 Å². The minimum Gasteiger partial charge on any atom is -0.368 e. The van der Waals surface area contributed by atoms with Gasteiger partial charge in [0, 0.05) is 48.2 Å². The van der Waals surface area contributed by atoms with Gasteiger partial charge in [-0.15, -0.1) is 0 Å². The molecule has 156 valence electrons. The molecule has 0 saturated carbocycles. The van der Waals surface area contributed by atoms with E-state index in [1.165, 1.54) is 12.3 Å². The van der Waals surface area contributed by atoms with E-state index in [0.717, 1.165) is 22.5 Å². The molecule has 0 aliphatic rings. The average Bonchev–Trinajstić information content (AvgIpc) is 3.25. The Kier molecular flexibility index (Phi) is 5.76. The molecule has 0 bridgehead atoms. The van der Waals surface area contributed by atoms with Crippen molar-refractivity contribution in [3.05, 3.63) is 82.3 Å². The standard InChI is InChI=1S/C21H18ClN7O2/c1-2-14-11-15(22)3-5-17(14)18-12-20-24-9-10-28(20)21(27-18)25-8-7-23-19-6-4-16(13-26-19)29(30)31/h2-6,9-13H,1,7-8H2,(H,23,26)(H,25,27). The fraction of sp³-hybridized carbons (Fsp3) is 0.0952. The molecule has 0 atom stereocenters. The van der Waals surface area contributed by atoms with E-state index in [4.69, 9.17) is 16.6 Å². The molecule has 0 fully saturated rings. The Morgan fingerprint density at radius 3 is 2.74 bits per heavy atom. The van der Waals surface area contributed by atoms with Crippen molar-refractivity contribution < 1.29 is 4.92 Å². The molecule has 0 spiro atoms. The number of benzene rings is 1. The summed E-state index contributed by atoms with van der Waals surface area (Å²) in [5.41, 5.74) is 3.24. The molecule has 0 amide bonds. The third kappa shape index (κ3) is 4.46. The highest BCUT2D eigenvalue weighted by molar-refractivity contribution is 6.30. The van der Waals surface area contributed by atoms with E-state index in [2.05, 4.69) is 27.2 Å². The number of aromatic nitrogens is 4. The molecule has 10 heteroatoms. The Labute approximate surface area is 182 Å². The summed E-state index contributed by atoms with van der Waals surface area (Å²) in [6, 6.07) is 10.5. The van der Waals surface area contributed by atoms with Crippen molar-refractivity contribution >= 4 is 40.8 Å². The first-order valence-electron chi connectivity index (χ1n) is 9.40. The fourth-order valence-electron chi connectivity index (χ4n) is 3.09. The van der Waals surface area contributed by atoms with Crippen molar-refractivity contribution in [1.82, 2.24) is 19.4 Å². The molecule has 4 rings (SSSR count). The molecule has 31 heavy (non-hydrogen) atoms. The van der Waals surface area contributed by atoms with Gasteiger partial charge in [0.2, 0.25) is 5.95 Å². The van der Waals surface area contributed by atoms with Gasteiger partial charge in [0.1, 0.15) is 17.7 Å². The van der Waals surface area contributed by atoms with E-state index in [-0.39, 0.29) is 5.69 Å². The van der Waals surface area contributed by atoms with Crippen LogP contribution in [0.5, 0.6) is 0 Å². The van der Waals surface area contributed by atoms with Crippen LogP contribution in [-0.4, -0.2) is 37.4 Å². The molecule has 1 aromatic carbocycles. The van der Waals surface area contributed by atoms with Crippen LogP contribution < -0.4 is 10.6 Å². The van der Waals surface area contributed by atoms with Crippen LogP contribution in [0.3, 0.4) is 0 Å². The zero-order valence-corrected chi connectivity index (χ0v) is 17.1. The van der Waals surface area contributed by atoms with Crippen molar-refractivity contribution in [2.24, 2.45) is 0 Å². The Hall–Kier alpha value is -3.98. The number of nitrogens with zero attached hydrogens (tertiary/aromatic N) is 5. The minimum atomic E-state index is -0.480. The van der Waals surface area contributed by atoms with Gasteiger partial charge >= 0.3 is 0 Å². The van der Waals surface area contributed by atoms with Gasteiger partial charge in [-0.3, -0.25) is 14.5 Å². The van der Waals surface area contributed by atoms with Crippen molar-refractivity contribution in [2.45, 2.75) is 0 Å².